The molecule has 0 saturated heterocycles. The maximum Gasteiger partial charge on any atom is 0.304 e. The van der Waals surface area contributed by atoms with E-state index >= 15 is 0 Å². The highest BCUT2D eigenvalue weighted by molar-refractivity contribution is 6.30. The van der Waals surface area contributed by atoms with Crippen molar-refractivity contribution in [1.82, 2.24) is 4.98 Å². The van der Waals surface area contributed by atoms with Gasteiger partial charge in [-0.05, 0) is 24.5 Å². The molecule has 7 heteroatoms. The number of halogens is 1. The second-order valence-electron chi connectivity index (χ2n) is 7.06. The minimum absolute atomic E-state index is 0.0568. The van der Waals surface area contributed by atoms with Gasteiger partial charge < -0.3 is 19.0 Å². The van der Waals surface area contributed by atoms with Crippen LogP contribution in [0.15, 0.2) is 46.2 Å². The van der Waals surface area contributed by atoms with E-state index in [9.17, 15) is 4.79 Å². The van der Waals surface area contributed by atoms with Crippen LogP contribution in [-0.2, 0) is 11.4 Å². The number of hydrogen-bond donors (Lipinski definition) is 1. The van der Waals surface area contributed by atoms with Crippen LogP contribution in [0.5, 0.6) is 11.5 Å². The first-order valence-corrected chi connectivity index (χ1v) is 9.49. The molecule has 0 spiro atoms. The van der Waals surface area contributed by atoms with Crippen LogP contribution in [0.1, 0.15) is 42.7 Å². The smallest absolute Gasteiger partial charge is 0.304 e. The first-order chi connectivity index (χ1) is 13.5. The quantitative estimate of drug-likeness (QED) is 0.752. The molecule has 1 N–H and O–H groups in total. The molecule has 1 aliphatic heterocycles. The molecule has 4 rings (SSSR count). The highest BCUT2D eigenvalue weighted by atomic mass is 35.5. The molecule has 1 aliphatic carbocycles. The zero-order valence-electron chi connectivity index (χ0n) is 15.4. The highest BCUT2D eigenvalue weighted by Gasteiger charge is 2.27. The molecule has 0 bridgehead atoms. The molecule has 2 atom stereocenters. The third-order valence-electron chi connectivity index (χ3n) is 5.04. The number of ether oxygens (including phenoxy) is 2. The molecule has 0 fully saturated rings. The number of nitrogens with zero attached hydrogens (tertiary/aromatic N) is 1. The fourth-order valence-electron chi connectivity index (χ4n) is 3.60. The standard InChI is InChI=1S/C21H20ClNO5/c1-12-6-14(22)2-4-16(12)21-18(23-11-28-21)10-26-15-3-5-17-13(7-20(24)25)9-27-19(17)8-15/h2-5,8,11-13H,6-7,9-10H2,1H3,(H,24,25). The van der Waals surface area contributed by atoms with Gasteiger partial charge in [0.2, 0.25) is 0 Å². The summed E-state index contributed by atoms with van der Waals surface area (Å²) < 4.78 is 17.1. The SMILES string of the molecule is CC1CC(Cl)=CC=C1c1ocnc1COc1ccc2c(c1)OCC2CC(=O)O. The van der Waals surface area contributed by atoms with Crippen LogP contribution in [0.4, 0.5) is 0 Å². The summed E-state index contributed by atoms with van der Waals surface area (Å²) in [7, 11) is 0. The number of aromatic nitrogens is 1. The lowest BCUT2D eigenvalue weighted by molar-refractivity contribution is -0.137. The van der Waals surface area contributed by atoms with Crippen LogP contribution in [0.3, 0.4) is 0 Å². The van der Waals surface area contributed by atoms with Gasteiger partial charge in [-0.15, -0.1) is 0 Å². The van der Waals surface area contributed by atoms with E-state index in [1.807, 2.05) is 24.3 Å². The molecular formula is C21H20ClNO5. The lowest BCUT2D eigenvalue weighted by Gasteiger charge is -2.18. The van der Waals surface area contributed by atoms with E-state index in [1.165, 1.54) is 6.39 Å². The Labute approximate surface area is 167 Å². The molecule has 2 heterocycles. The maximum atomic E-state index is 11.0. The van der Waals surface area contributed by atoms with Gasteiger partial charge in [0.25, 0.3) is 0 Å². The first-order valence-electron chi connectivity index (χ1n) is 9.11. The minimum atomic E-state index is -0.831. The Bertz CT molecular complexity index is 961. The lowest BCUT2D eigenvalue weighted by atomic mass is 9.91. The van der Waals surface area contributed by atoms with E-state index in [1.54, 1.807) is 6.07 Å². The van der Waals surface area contributed by atoms with Crippen molar-refractivity contribution >= 4 is 23.1 Å². The summed E-state index contributed by atoms with van der Waals surface area (Å²) >= 11 is 6.10. The monoisotopic (exact) mass is 401 g/mol. The van der Waals surface area contributed by atoms with Gasteiger partial charge in [0.1, 0.15) is 23.8 Å². The maximum absolute atomic E-state index is 11.0. The van der Waals surface area contributed by atoms with Gasteiger partial charge in [-0.2, -0.15) is 0 Å². The molecule has 2 aromatic rings. The van der Waals surface area contributed by atoms with Crippen molar-refractivity contribution < 1.29 is 23.8 Å². The lowest BCUT2D eigenvalue weighted by Crippen LogP contribution is -2.07. The summed E-state index contributed by atoms with van der Waals surface area (Å²) in [4.78, 5) is 15.3. The Morgan fingerprint density at radius 2 is 2.25 bits per heavy atom. The van der Waals surface area contributed by atoms with Crippen molar-refractivity contribution in [2.75, 3.05) is 6.61 Å². The molecule has 0 saturated carbocycles. The molecule has 28 heavy (non-hydrogen) atoms. The fraction of sp³-hybridized carbons (Fsp3) is 0.333. The molecule has 146 valence electrons. The van der Waals surface area contributed by atoms with Crippen molar-refractivity contribution in [3.8, 4) is 11.5 Å². The van der Waals surface area contributed by atoms with Gasteiger partial charge in [0, 0.05) is 28.2 Å². The molecule has 0 amide bonds. The molecule has 1 aromatic heterocycles. The van der Waals surface area contributed by atoms with E-state index < -0.39 is 5.97 Å². The number of oxazole rings is 1. The predicted octanol–water partition coefficient (Wildman–Crippen LogP) is 4.75. The summed E-state index contributed by atoms with van der Waals surface area (Å²) in [6.45, 7) is 2.73. The van der Waals surface area contributed by atoms with Gasteiger partial charge in [-0.1, -0.05) is 30.7 Å². The number of carboxylic acid groups (broad SMARTS) is 1. The second-order valence-corrected chi connectivity index (χ2v) is 7.55. The van der Waals surface area contributed by atoms with Crippen molar-refractivity contribution in [1.29, 1.82) is 0 Å². The number of carbonyl (C=O) groups is 1. The van der Waals surface area contributed by atoms with Crippen LogP contribution in [0, 0.1) is 5.92 Å². The number of carboxylic acids is 1. The van der Waals surface area contributed by atoms with Gasteiger partial charge >= 0.3 is 5.97 Å². The van der Waals surface area contributed by atoms with E-state index in [0.717, 1.165) is 28.3 Å². The van der Waals surface area contributed by atoms with Gasteiger partial charge in [0.05, 0.1) is 13.0 Å². The Morgan fingerprint density at radius 3 is 3.04 bits per heavy atom. The molecule has 1 aromatic carbocycles. The zero-order valence-corrected chi connectivity index (χ0v) is 16.1. The largest absolute Gasteiger partial charge is 0.492 e. The average Bonchev–Trinajstić information content (AvgIpc) is 3.26. The van der Waals surface area contributed by atoms with Crippen molar-refractivity contribution in [2.45, 2.75) is 32.3 Å². The van der Waals surface area contributed by atoms with Crippen LogP contribution in [0.2, 0.25) is 0 Å². The van der Waals surface area contributed by atoms with Gasteiger partial charge in [-0.3, -0.25) is 4.79 Å². The summed E-state index contributed by atoms with van der Waals surface area (Å²) in [6, 6.07) is 5.49. The first kappa shape index (κ1) is 18.6. The molecular weight excluding hydrogens is 382 g/mol. The van der Waals surface area contributed by atoms with E-state index in [2.05, 4.69) is 11.9 Å². The van der Waals surface area contributed by atoms with E-state index in [0.29, 0.717) is 23.9 Å². The normalized spacial score (nSPS) is 20.8. The average molecular weight is 402 g/mol. The third kappa shape index (κ3) is 3.78. The van der Waals surface area contributed by atoms with Crippen LogP contribution >= 0.6 is 11.6 Å². The predicted molar refractivity (Wildman–Crippen MR) is 103 cm³/mol. The third-order valence-corrected chi connectivity index (χ3v) is 5.32. The van der Waals surface area contributed by atoms with Crippen LogP contribution < -0.4 is 9.47 Å². The molecule has 2 unspecified atom stereocenters. The Hall–Kier alpha value is -2.73. The number of allylic oxidation sites excluding steroid dienone is 4. The number of rotatable bonds is 6. The highest BCUT2D eigenvalue weighted by Crippen LogP contribution is 2.39. The summed E-state index contributed by atoms with van der Waals surface area (Å²) in [5.74, 6) is 1.31. The van der Waals surface area contributed by atoms with E-state index in [-0.39, 0.29) is 24.9 Å². The summed E-state index contributed by atoms with van der Waals surface area (Å²) in [5, 5.41) is 9.83. The van der Waals surface area contributed by atoms with Crippen molar-refractivity contribution in [3.63, 3.8) is 0 Å². The van der Waals surface area contributed by atoms with Gasteiger partial charge in [0.15, 0.2) is 12.2 Å². The number of benzene rings is 1. The Morgan fingerprint density at radius 1 is 1.39 bits per heavy atom. The van der Waals surface area contributed by atoms with Gasteiger partial charge in [-0.25, -0.2) is 4.98 Å². The van der Waals surface area contributed by atoms with Crippen molar-refractivity contribution in [3.05, 3.63) is 58.8 Å². The number of aliphatic carboxylic acids is 1. The summed E-state index contributed by atoms with van der Waals surface area (Å²) in [6.07, 6.45) is 6.10. The fourth-order valence-corrected chi connectivity index (χ4v) is 3.89. The molecule has 0 radical (unpaired) electrons. The number of fused-ring (bicyclic) bond motifs is 1. The van der Waals surface area contributed by atoms with Crippen LogP contribution in [0.25, 0.3) is 5.57 Å². The molecule has 2 aliphatic rings. The zero-order chi connectivity index (χ0) is 19.7. The van der Waals surface area contributed by atoms with Crippen LogP contribution in [-0.4, -0.2) is 22.7 Å². The van der Waals surface area contributed by atoms with Crippen molar-refractivity contribution in [2.24, 2.45) is 5.92 Å². The minimum Gasteiger partial charge on any atom is -0.492 e. The topological polar surface area (TPSA) is 81.8 Å². The molecule has 6 nitrogen and oxygen atoms in total. The Kier molecular flexibility index (Phi) is 5.13. The second kappa shape index (κ2) is 7.72. The van der Waals surface area contributed by atoms with E-state index in [4.69, 9.17) is 30.6 Å². The summed E-state index contributed by atoms with van der Waals surface area (Å²) in [5.41, 5.74) is 2.67. The Balaban J connectivity index is 1.47. The number of hydrogen-bond acceptors (Lipinski definition) is 5.